The van der Waals surface area contributed by atoms with Crippen molar-refractivity contribution in [3.05, 3.63) is 42.1 Å². The molecular weight excluding hydrogens is 284 g/mol. The first-order valence-electron chi connectivity index (χ1n) is 6.63. The zero-order valence-corrected chi connectivity index (χ0v) is 12.1. The molecule has 112 valence electrons. The van der Waals surface area contributed by atoms with Crippen LogP contribution < -0.4 is 10.6 Å². The van der Waals surface area contributed by atoms with Crippen LogP contribution in [0, 0.1) is 6.92 Å². The normalized spacial score (nSPS) is 10.5. The monoisotopic (exact) mass is 298 g/mol. The number of nitrogens with zero attached hydrogens (tertiary/aromatic N) is 4. The minimum atomic E-state index is -0.258. The van der Waals surface area contributed by atoms with E-state index in [9.17, 15) is 4.79 Å². The van der Waals surface area contributed by atoms with Gasteiger partial charge in [0, 0.05) is 13.0 Å². The van der Waals surface area contributed by atoms with E-state index in [1.54, 1.807) is 4.68 Å². The molecule has 8 nitrogen and oxygen atoms in total. The molecule has 1 amide bonds. The highest BCUT2D eigenvalue weighted by atomic mass is 16.6. The Morgan fingerprint density at radius 3 is 2.64 bits per heavy atom. The average Bonchev–Trinajstić information content (AvgIpc) is 3.07. The molecule has 0 radical (unpaired) electrons. The summed E-state index contributed by atoms with van der Waals surface area (Å²) in [5.41, 5.74) is 1.74. The molecule has 22 heavy (non-hydrogen) atoms. The highest BCUT2D eigenvalue weighted by molar-refractivity contribution is 5.90. The second kappa shape index (κ2) is 5.68. The zero-order valence-electron chi connectivity index (χ0n) is 12.1. The zero-order chi connectivity index (χ0) is 15.5. The fourth-order valence-corrected chi connectivity index (χ4v) is 2.00. The highest BCUT2D eigenvalue weighted by Crippen LogP contribution is 2.24. The Morgan fingerprint density at radius 2 is 1.91 bits per heavy atom. The van der Waals surface area contributed by atoms with E-state index in [-0.39, 0.29) is 11.7 Å². The fraction of sp³-hybridized carbons (Fsp3) is 0.143. The van der Waals surface area contributed by atoms with Gasteiger partial charge in [-0.25, -0.2) is 9.31 Å². The molecule has 2 N–H and O–H groups in total. The van der Waals surface area contributed by atoms with Crippen molar-refractivity contribution in [3.8, 4) is 5.69 Å². The van der Waals surface area contributed by atoms with E-state index in [0.29, 0.717) is 11.6 Å². The molecule has 0 aliphatic rings. The lowest BCUT2D eigenvalue weighted by Gasteiger charge is -2.08. The van der Waals surface area contributed by atoms with Gasteiger partial charge in [-0.15, -0.1) is 0 Å². The number of aryl methyl sites for hydroxylation is 1. The molecule has 0 fully saturated rings. The molecule has 8 heteroatoms. The number of rotatable bonds is 4. The molecule has 0 spiro atoms. The van der Waals surface area contributed by atoms with Crippen molar-refractivity contribution >= 4 is 23.4 Å². The van der Waals surface area contributed by atoms with Crippen LogP contribution in [-0.4, -0.2) is 26.0 Å². The predicted molar refractivity (Wildman–Crippen MR) is 80.2 cm³/mol. The third-order valence-electron chi connectivity index (χ3n) is 2.86. The van der Waals surface area contributed by atoms with Gasteiger partial charge in [0.15, 0.2) is 0 Å². The van der Waals surface area contributed by atoms with Crippen molar-refractivity contribution in [2.75, 3.05) is 10.6 Å². The number of para-hydroxylation sites is 1. The Morgan fingerprint density at radius 1 is 1.18 bits per heavy atom. The van der Waals surface area contributed by atoms with Crippen LogP contribution >= 0.6 is 0 Å². The van der Waals surface area contributed by atoms with E-state index in [1.165, 1.54) is 6.92 Å². The Bertz CT molecular complexity index is 793. The molecule has 2 aromatic heterocycles. The molecule has 1 aromatic carbocycles. The molecule has 3 aromatic rings. The summed E-state index contributed by atoms with van der Waals surface area (Å²) in [7, 11) is 0. The second-order valence-corrected chi connectivity index (χ2v) is 4.69. The van der Waals surface area contributed by atoms with E-state index in [2.05, 4.69) is 30.7 Å². The Kier molecular flexibility index (Phi) is 3.57. The lowest BCUT2D eigenvalue weighted by molar-refractivity contribution is -0.114. The van der Waals surface area contributed by atoms with Gasteiger partial charge in [0.05, 0.1) is 11.4 Å². The molecule has 3 rings (SSSR count). The molecule has 0 saturated carbocycles. The first-order chi connectivity index (χ1) is 10.6. The van der Waals surface area contributed by atoms with Gasteiger partial charge in [0.25, 0.3) is 0 Å². The Hall–Kier alpha value is -3.16. The summed E-state index contributed by atoms with van der Waals surface area (Å²) >= 11 is 0. The van der Waals surface area contributed by atoms with Crippen LogP contribution in [0.15, 0.2) is 41.0 Å². The number of amides is 1. The number of hydrogen-bond acceptors (Lipinski definition) is 6. The van der Waals surface area contributed by atoms with Crippen LogP contribution in [0.1, 0.15) is 12.6 Å². The maximum atomic E-state index is 11.1. The Labute approximate surface area is 126 Å². The van der Waals surface area contributed by atoms with E-state index in [1.807, 2.05) is 43.3 Å². The standard InChI is InChI=1S/C14H14N6O2/c1-9-8-12(20(17-9)11-6-4-3-5-7-11)16-14-13(15-10(2)21)18-22-19-14/h3-8H,1-2H3,(H,16,19)(H,15,18,21). The number of hydrogen-bond donors (Lipinski definition) is 2. The minimum absolute atomic E-state index is 0.228. The van der Waals surface area contributed by atoms with Crippen LogP contribution in [0.4, 0.5) is 17.5 Å². The summed E-state index contributed by atoms with van der Waals surface area (Å²) in [5, 5.41) is 17.5. The van der Waals surface area contributed by atoms with Crippen molar-refractivity contribution in [2.24, 2.45) is 0 Å². The SMILES string of the molecule is CC(=O)Nc1nonc1Nc1cc(C)nn1-c1ccccc1. The minimum Gasteiger partial charge on any atom is -0.319 e. The Balaban J connectivity index is 1.94. The van der Waals surface area contributed by atoms with Gasteiger partial charge in [-0.05, 0) is 29.4 Å². The lowest BCUT2D eigenvalue weighted by atomic mass is 10.3. The van der Waals surface area contributed by atoms with Gasteiger partial charge in [0.1, 0.15) is 5.82 Å². The molecule has 2 heterocycles. The number of nitrogens with one attached hydrogen (secondary N) is 2. The summed E-state index contributed by atoms with van der Waals surface area (Å²) in [6.45, 7) is 3.28. The number of anilines is 3. The molecule has 0 aliphatic heterocycles. The third-order valence-corrected chi connectivity index (χ3v) is 2.86. The topological polar surface area (TPSA) is 97.9 Å². The van der Waals surface area contributed by atoms with Gasteiger partial charge >= 0.3 is 0 Å². The van der Waals surface area contributed by atoms with E-state index in [4.69, 9.17) is 0 Å². The van der Waals surface area contributed by atoms with E-state index in [0.717, 1.165) is 11.4 Å². The number of aromatic nitrogens is 4. The molecule has 0 bridgehead atoms. The molecular formula is C14H14N6O2. The van der Waals surface area contributed by atoms with E-state index >= 15 is 0 Å². The fourth-order valence-electron chi connectivity index (χ4n) is 2.00. The number of carbonyl (C=O) groups is 1. The van der Waals surface area contributed by atoms with Crippen molar-refractivity contribution in [1.29, 1.82) is 0 Å². The van der Waals surface area contributed by atoms with E-state index < -0.39 is 0 Å². The third kappa shape index (κ3) is 2.80. The summed E-state index contributed by atoms with van der Waals surface area (Å²) in [5.74, 6) is 0.968. The first kappa shape index (κ1) is 13.8. The molecule has 0 saturated heterocycles. The van der Waals surface area contributed by atoms with Crippen molar-refractivity contribution in [3.63, 3.8) is 0 Å². The van der Waals surface area contributed by atoms with Crippen molar-refractivity contribution in [2.45, 2.75) is 13.8 Å². The maximum Gasteiger partial charge on any atom is 0.222 e. The molecule has 0 unspecified atom stereocenters. The largest absolute Gasteiger partial charge is 0.319 e. The van der Waals surface area contributed by atoms with Crippen LogP contribution in [0.3, 0.4) is 0 Å². The predicted octanol–water partition coefficient (Wildman–Crippen LogP) is 2.27. The van der Waals surface area contributed by atoms with Crippen LogP contribution in [0.5, 0.6) is 0 Å². The highest BCUT2D eigenvalue weighted by Gasteiger charge is 2.15. The van der Waals surface area contributed by atoms with Gasteiger partial charge in [-0.2, -0.15) is 5.10 Å². The summed E-state index contributed by atoms with van der Waals surface area (Å²) in [6, 6.07) is 11.5. The average molecular weight is 298 g/mol. The number of carbonyl (C=O) groups excluding carboxylic acids is 1. The van der Waals surface area contributed by atoms with Gasteiger partial charge in [-0.3, -0.25) is 4.79 Å². The summed E-state index contributed by atoms with van der Waals surface area (Å²) < 4.78 is 6.40. The summed E-state index contributed by atoms with van der Waals surface area (Å²) in [6.07, 6.45) is 0. The smallest absolute Gasteiger partial charge is 0.222 e. The van der Waals surface area contributed by atoms with Gasteiger partial charge < -0.3 is 10.6 Å². The quantitative estimate of drug-likeness (QED) is 0.766. The molecule has 0 atom stereocenters. The van der Waals surface area contributed by atoms with Crippen molar-refractivity contribution < 1.29 is 9.42 Å². The van der Waals surface area contributed by atoms with Crippen LogP contribution in [-0.2, 0) is 4.79 Å². The first-order valence-corrected chi connectivity index (χ1v) is 6.63. The van der Waals surface area contributed by atoms with Crippen molar-refractivity contribution in [1.82, 2.24) is 20.1 Å². The lowest BCUT2D eigenvalue weighted by Crippen LogP contribution is -2.09. The number of benzene rings is 1. The maximum absolute atomic E-state index is 11.1. The van der Waals surface area contributed by atoms with Crippen LogP contribution in [0.25, 0.3) is 5.69 Å². The summed E-state index contributed by atoms with van der Waals surface area (Å²) in [4.78, 5) is 11.1. The molecule has 0 aliphatic carbocycles. The van der Waals surface area contributed by atoms with Gasteiger partial charge in [-0.1, -0.05) is 18.2 Å². The second-order valence-electron chi connectivity index (χ2n) is 4.69. The van der Waals surface area contributed by atoms with Crippen LogP contribution in [0.2, 0.25) is 0 Å². The van der Waals surface area contributed by atoms with Gasteiger partial charge in [0.2, 0.25) is 17.5 Å².